The van der Waals surface area contributed by atoms with E-state index in [0.717, 1.165) is 31.7 Å². The van der Waals surface area contributed by atoms with E-state index in [4.69, 9.17) is 11.6 Å². The third-order valence-corrected chi connectivity index (χ3v) is 4.60. The maximum absolute atomic E-state index is 13.8. The first-order chi connectivity index (χ1) is 10.4. The lowest BCUT2D eigenvalue weighted by Gasteiger charge is -2.34. The third kappa shape index (κ3) is 4.28. The number of halogens is 2. The summed E-state index contributed by atoms with van der Waals surface area (Å²) in [5.74, 6) is -0.675. The Bertz CT molecular complexity index is 527. The van der Waals surface area contributed by atoms with Crippen LogP contribution in [0.2, 0.25) is 5.02 Å². The number of nitrogens with zero attached hydrogens (tertiary/aromatic N) is 2. The number of ketones is 1. The van der Waals surface area contributed by atoms with E-state index < -0.39 is 5.82 Å². The number of carbonyl (C=O) groups excluding carboxylic acids is 1. The van der Waals surface area contributed by atoms with Gasteiger partial charge in [0.2, 0.25) is 0 Å². The van der Waals surface area contributed by atoms with E-state index in [1.54, 1.807) is 6.07 Å². The molecule has 1 fully saturated rings. The molecule has 3 nitrogen and oxygen atoms in total. The Morgan fingerprint density at radius 1 is 1.27 bits per heavy atom. The molecule has 22 heavy (non-hydrogen) atoms. The van der Waals surface area contributed by atoms with Crippen molar-refractivity contribution in [3.05, 3.63) is 34.6 Å². The van der Waals surface area contributed by atoms with Crippen molar-refractivity contribution in [1.82, 2.24) is 9.80 Å². The Morgan fingerprint density at radius 3 is 2.45 bits per heavy atom. The van der Waals surface area contributed by atoms with Crippen LogP contribution in [0.5, 0.6) is 0 Å². The normalized spacial score (nSPS) is 18.6. The quantitative estimate of drug-likeness (QED) is 0.831. The zero-order chi connectivity index (χ0) is 16.3. The molecule has 0 spiro atoms. The molecule has 0 bridgehead atoms. The molecular weight excluding hydrogens is 303 g/mol. The topological polar surface area (TPSA) is 23.6 Å². The van der Waals surface area contributed by atoms with Gasteiger partial charge in [-0.15, -0.1) is 0 Å². The monoisotopic (exact) mass is 326 g/mol. The summed E-state index contributed by atoms with van der Waals surface area (Å²) >= 11 is 5.76. The molecule has 1 heterocycles. The van der Waals surface area contributed by atoms with Crippen LogP contribution in [0.3, 0.4) is 0 Å². The molecule has 122 valence electrons. The zero-order valence-electron chi connectivity index (χ0n) is 13.5. The second-order valence-electron chi connectivity index (χ2n) is 6.39. The van der Waals surface area contributed by atoms with Crippen LogP contribution in [0.1, 0.15) is 25.3 Å². The van der Waals surface area contributed by atoms with Crippen molar-refractivity contribution in [2.24, 2.45) is 5.92 Å². The first-order valence-electron chi connectivity index (χ1n) is 7.78. The van der Waals surface area contributed by atoms with Crippen LogP contribution in [0, 0.1) is 11.7 Å². The summed E-state index contributed by atoms with van der Waals surface area (Å²) in [4.78, 5) is 17.1. The van der Waals surface area contributed by atoms with Gasteiger partial charge in [0.05, 0.1) is 10.9 Å². The Kier molecular flexibility index (Phi) is 5.95. The van der Waals surface area contributed by atoms with Crippen LogP contribution >= 0.6 is 11.6 Å². The van der Waals surface area contributed by atoms with Crippen LogP contribution in [-0.4, -0.2) is 55.4 Å². The predicted octanol–water partition coefficient (Wildman–Crippen LogP) is 3.04. The van der Waals surface area contributed by atoms with Gasteiger partial charge in [-0.3, -0.25) is 9.69 Å². The lowest BCUT2D eigenvalue weighted by Crippen LogP contribution is -2.46. The highest BCUT2D eigenvalue weighted by Gasteiger charge is 2.27. The summed E-state index contributed by atoms with van der Waals surface area (Å²) in [7, 11) is 2.10. The van der Waals surface area contributed by atoms with E-state index in [2.05, 4.69) is 16.8 Å². The molecule has 0 amide bonds. The minimum Gasteiger partial charge on any atom is -0.304 e. The van der Waals surface area contributed by atoms with Crippen LogP contribution in [0.25, 0.3) is 0 Å². The van der Waals surface area contributed by atoms with Gasteiger partial charge in [-0.25, -0.2) is 4.39 Å². The number of likely N-dealkylation sites (N-methyl/N-ethyl adjacent to an activating group) is 1. The van der Waals surface area contributed by atoms with Crippen molar-refractivity contribution in [2.45, 2.75) is 19.8 Å². The number of hydrogen-bond donors (Lipinski definition) is 0. The average molecular weight is 327 g/mol. The molecular formula is C17H24ClFN2O. The Hall–Kier alpha value is -0.970. The van der Waals surface area contributed by atoms with E-state index >= 15 is 0 Å². The molecule has 0 aromatic heterocycles. The van der Waals surface area contributed by atoms with E-state index in [1.165, 1.54) is 12.1 Å². The van der Waals surface area contributed by atoms with E-state index in [9.17, 15) is 9.18 Å². The molecule has 1 aliphatic rings. The maximum atomic E-state index is 13.8. The van der Waals surface area contributed by atoms with Gasteiger partial charge in [0.25, 0.3) is 0 Å². The van der Waals surface area contributed by atoms with E-state index in [0.29, 0.717) is 6.54 Å². The van der Waals surface area contributed by atoms with Crippen molar-refractivity contribution in [2.75, 3.05) is 39.8 Å². The van der Waals surface area contributed by atoms with Crippen LogP contribution < -0.4 is 0 Å². The molecule has 0 radical (unpaired) electrons. The molecule has 0 N–H and O–H groups in total. The Labute approximate surface area is 137 Å². The fourth-order valence-corrected chi connectivity index (χ4v) is 2.90. The smallest absolute Gasteiger partial charge is 0.144 e. The maximum Gasteiger partial charge on any atom is 0.144 e. The number of hydrogen-bond acceptors (Lipinski definition) is 3. The van der Waals surface area contributed by atoms with Gasteiger partial charge in [0.15, 0.2) is 0 Å². The van der Waals surface area contributed by atoms with Gasteiger partial charge in [-0.05, 0) is 24.7 Å². The molecule has 1 aromatic rings. The fourth-order valence-electron chi connectivity index (χ4n) is 2.78. The Balaban J connectivity index is 2.19. The molecule has 1 saturated heterocycles. The number of rotatable bonds is 5. The second-order valence-corrected chi connectivity index (χ2v) is 6.79. The first-order valence-corrected chi connectivity index (χ1v) is 8.16. The number of benzene rings is 1. The number of carbonyl (C=O) groups is 1. The molecule has 1 aliphatic heterocycles. The minimum atomic E-state index is -0.459. The van der Waals surface area contributed by atoms with Gasteiger partial charge < -0.3 is 4.90 Å². The molecule has 1 aromatic carbocycles. The molecule has 0 aliphatic carbocycles. The summed E-state index contributed by atoms with van der Waals surface area (Å²) in [6.45, 7) is 8.31. The largest absolute Gasteiger partial charge is 0.304 e. The summed E-state index contributed by atoms with van der Waals surface area (Å²) in [6, 6.07) is 4.71. The zero-order valence-corrected chi connectivity index (χ0v) is 14.2. The van der Waals surface area contributed by atoms with Gasteiger partial charge in [0, 0.05) is 38.6 Å². The second kappa shape index (κ2) is 7.53. The summed E-state index contributed by atoms with van der Waals surface area (Å²) < 4.78 is 13.8. The molecule has 0 saturated carbocycles. The van der Waals surface area contributed by atoms with E-state index in [1.807, 2.05) is 13.8 Å². The highest BCUT2D eigenvalue weighted by atomic mass is 35.5. The number of piperazine rings is 1. The van der Waals surface area contributed by atoms with Crippen LogP contribution in [-0.2, 0) is 4.79 Å². The third-order valence-electron chi connectivity index (χ3n) is 4.30. The van der Waals surface area contributed by atoms with Gasteiger partial charge in [0.1, 0.15) is 11.6 Å². The van der Waals surface area contributed by atoms with Crippen molar-refractivity contribution in [3.63, 3.8) is 0 Å². The van der Waals surface area contributed by atoms with Crippen LogP contribution in [0.4, 0.5) is 4.39 Å². The minimum absolute atomic E-state index is 0.0730. The predicted molar refractivity (Wildman–Crippen MR) is 87.9 cm³/mol. The Morgan fingerprint density at radius 2 is 1.91 bits per heavy atom. The lowest BCUT2D eigenvalue weighted by atomic mass is 9.88. The molecule has 5 heteroatoms. The lowest BCUT2D eigenvalue weighted by molar-refractivity contribution is -0.124. The molecule has 1 atom stereocenters. The first kappa shape index (κ1) is 17.4. The average Bonchev–Trinajstić information content (AvgIpc) is 2.49. The van der Waals surface area contributed by atoms with Gasteiger partial charge in [-0.2, -0.15) is 0 Å². The highest BCUT2D eigenvalue weighted by molar-refractivity contribution is 6.30. The standard InChI is InChI=1S/C17H24ClFN2O/c1-12(2)17(22)14(11-21-8-6-20(3)7-9-21)13-4-5-15(18)16(19)10-13/h4-5,10,12,14H,6-9,11H2,1-3H3/t14-/m0/s1. The molecule has 2 rings (SSSR count). The summed E-state index contributed by atoms with van der Waals surface area (Å²) in [6.07, 6.45) is 0. The summed E-state index contributed by atoms with van der Waals surface area (Å²) in [5, 5.41) is 0.0964. The van der Waals surface area contributed by atoms with Crippen molar-refractivity contribution < 1.29 is 9.18 Å². The molecule has 0 unspecified atom stereocenters. The van der Waals surface area contributed by atoms with Gasteiger partial charge >= 0.3 is 0 Å². The SMILES string of the molecule is CC(C)C(=O)[C@@H](CN1CCN(C)CC1)c1ccc(Cl)c(F)c1. The fraction of sp³-hybridized carbons (Fsp3) is 0.588. The van der Waals surface area contributed by atoms with E-state index in [-0.39, 0.29) is 22.6 Å². The van der Waals surface area contributed by atoms with Crippen molar-refractivity contribution in [1.29, 1.82) is 0 Å². The highest BCUT2D eigenvalue weighted by Crippen LogP contribution is 2.26. The number of Topliss-reactive ketones (excluding diaryl/α,β-unsaturated/α-hetero) is 1. The van der Waals surface area contributed by atoms with Gasteiger partial charge in [-0.1, -0.05) is 31.5 Å². The van der Waals surface area contributed by atoms with Crippen molar-refractivity contribution >= 4 is 17.4 Å². The van der Waals surface area contributed by atoms with Crippen molar-refractivity contribution in [3.8, 4) is 0 Å². The summed E-state index contributed by atoms with van der Waals surface area (Å²) in [5.41, 5.74) is 0.722. The van der Waals surface area contributed by atoms with Crippen LogP contribution in [0.15, 0.2) is 18.2 Å².